The molecule has 2 aromatic carbocycles. The molecule has 1 amide bonds. The van der Waals surface area contributed by atoms with Gasteiger partial charge in [-0.05, 0) is 74.9 Å². The first-order valence-corrected chi connectivity index (χ1v) is 10.5. The van der Waals surface area contributed by atoms with Crippen LogP contribution in [0.3, 0.4) is 0 Å². The molecule has 8 heteroatoms. The minimum atomic E-state index is -3.85. The average Bonchev–Trinajstić information content (AvgIpc) is 3.11. The number of furan rings is 1. The van der Waals surface area contributed by atoms with Crippen LogP contribution in [0, 0.1) is 13.8 Å². The fourth-order valence-corrected chi connectivity index (χ4v) is 4.04. The largest absolute Gasteiger partial charge is 0.494 e. The van der Waals surface area contributed by atoms with Gasteiger partial charge in [0, 0.05) is 11.4 Å². The third-order valence-electron chi connectivity index (χ3n) is 4.12. The molecule has 0 aliphatic rings. The lowest BCUT2D eigenvalue weighted by atomic mass is 10.2. The Morgan fingerprint density at radius 2 is 1.69 bits per heavy atom. The Morgan fingerprint density at radius 3 is 2.31 bits per heavy atom. The summed E-state index contributed by atoms with van der Waals surface area (Å²) in [5, 5.41) is 2.66. The number of anilines is 2. The Hall–Kier alpha value is -3.26. The van der Waals surface area contributed by atoms with Crippen molar-refractivity contribution in [3.8, 4) is 5.75 Å². The maximum absolute atomic E-state index is 12.9. The van der Waals surface area contributed by atoms with Crippen LogP contribution in [0.5, 0.6) is 5.75 Å². The quantitative estimate of drug-likeness (QED) is 0.599. The molecular weight excluding hydrogens is 392 g/mol. The lowest BCUT2D eigenvalue weighted by Crippen LogP contribution is -2.16. The van der Waals surface area contributed by atoms with Crippen molar-refractivity contribution < 1.29 is 22.4 Å². The molecule has 152 valence electrons. The molecule has 0 aliphatic carbocycles. The van der Waals surface area contributed by atoms with Crippen molar-refractivity contribution in [2.45, 2.75) is 25.7 Å². The summed E-state index contributed by atoms with van der Waals surface area (Å²) in [4.78, 5) is 12.3. The van der Waals surface area contributed by atoms with E-state index in [0.29, 0.717) is 35.1 Å². The van der Waals surface area contributed by atoms with E-state index in [-0.39, 0.29) is 10.7 Å². The predicted molar refractivity (Wildman–Crippen MR) is 111 cm³/mol. The molecule has 1 aromatic heterocycles. The Morgan fingerprint density at radius 1 is 1.00 bits per heavy atom. The second-order valence-corrected chi connectivity index (χ2v) is 8.06. The van der Waals surface area contributed by atoms with E-state index in [4.69, 9.17) is 9.15 Å². The molecule has 0 saturated heterocycles. The Balaban J connectivity index is 1.81. The van der Waals surface area contributed by atoms with Gasteiger partial charge in [-0.25, -0.2) is 8.42 Å². The van der Waals surface area contributed by atoms with Crippen LogP contribution in [0.2, 0.25) is 0 Å². The van der Waals surface area contributed by atoms with Crippen molar-refractivity contribution in [2.24, 2.45) is 0 Å². The van der Waals surface area contributed by atoms with Crippen molar-refractivity contribution in [2.75, 3.05) is 16.6 Å². The third-order valence-corrected chi connectivity index (χ3v) is 5.64. The van der Waals surface area contributed by atoms with Crippen LogP contribution in [-0.4, -0.2) is 20.9 Å². The number of hydrogen-bond donors (Lipinski definition) is 2. The first-order valence-electron chi connectivity index (χ1n) is 9.02. The molecule has 7 nitrogen and oxygen atoms in total. The highest BCUT2D eigenvalue weighted by Crippen LogP contribution is 2.24. The average molecular weight is 414 g/mol. The van der Waals surface area contributed by atoms with Gasteiger partial charge in [-0.15, -0.1) is 0 Å². The predicted octanol–water partition coefficient (Wildman–Crippen LogP) is 4.35. The number of sulfonamides is 1. The Kier molecular flexibility index (Phi) is 5.93. The van der Waals surface area contributed by atoms with E-state index in [0.717, 1.165) is 0 Å². The van der Waals surface area contributed by atoms with E-state index in [1.54, 1.807) is 62.4 Å². The summed E-state index contributed by atoms with van der Waals surface area (Å²) >= 11 is 0. The molecule has 0 unspecified atom stereocenters. The second-order valence-electron chi connectivity index (χ2n) is 6.41. The molecule has 0 radical (unpaired) electrons. The molecule has 0 atom stereocenters. The van der Waals surface area contributed by atoms with E-state index in [1.807, 2.05) is 6.92 Å². The van der Waals surface area contributed by atoms with Crippen LogP contribution < -0.4 is 14.8 Å². The molecule has 29 heavy (non-hydrogen) atoms. The number of hydrogen-bond acceptors (Lipinski definition) is 5. The molecular formula is C21H22N2O5S. The van der Waals surface area contributed by atoms with Crippen LogP contribution in [0.25, 0.3) is 0 Å². The number of nitrogens with one attached hydrogen (secondary N) is 2. The highest BCUT2D eigenvalue weighted by atomic mass is 32.2. The van der Waals surface area contributed by atoms with Gasteiger partial charge in [0.1, 0.15) is 11.5 Å². The van der Waals surface area contributed by atoms with Gasteiger partial charge in [-0.2, -0.15) is 0 Å². The van der Waals surface area contributed by atoms with Crippen molar-refractivity contribution >= 4 is 27.3 Å². The Bertz CT molecular complexity index is 1120. The molecule has 3 rings (SSSR count). The molecule has 0 saturated carbocycles. The maximum Gasteiger partial charge on any atom is 0.291 e. The number of ether oxygens (including phenoxy) is 1. The molecule has 0 bridgehead atoms. The lowest BCUT2D eigenvalue weighted by molar-refractivity contribution is 0.0995. The van der Waals surface area contributed by atoms with Crippen molar-refractivity contribution in [3.63, 3.8) is 0 Å². The summed E-state index contributed by atoms with van der Waals surface area (Å²) in [6, 6.07) is 14.6. The minimum absolute atomic E-state index is 0.0693. The van der Waals surface area contributed by atoms with E-state index in [2.05, 4.69) is 10.0 Å². The standard InChI is InChI=1S/C21H22N2O5S/c1-4-27-18-10-8-16(9-11-18)23-29(25,26)20-13-17(7-5-14(20)2)22-21(24)19-12-6-15(3)28-19/h5-13,23H,4H2,1-3H3,(H,22,24). The van der Waals surface area contributed by atoms with Gasteiger partial charge in [-0.1, -0.05) is 6.07 Å². The first-order chi connectivity index (χ1) is 13.8. The molecule has 3 aromatic rings. The van der Waals surface area contributed by atoms with Crippen molar-refractivity contribution in [1.82, 2.24) is 0 Å². The van der Waals surface area contributed by atoms with Gasteiger partial charge in [0.25, 0.3) is 15.9 Å². The number of aryl methyl sites for hydroxylation is 2. The molecule has 0 aliphatic heterocycles. The SMILES string of the molecule is CCOc1ccc(NS(=O)(=O)c2cc(NC(=O)c3ccc(C)o3)ccc2C)cc1. The zero-order chi connectivity index (χ0) is 21.0. The van der Waals surface area contributed by atoms with Gasteiger partial charge in [0.05, 0.1) is 11.5 Å². The monoisotopic (exact) mass is 414 g/mol. The minimum Gasteiger partial charge on any atom is -0.494 e. The topological polar surface area (TPSA) is 97.6 Å². The number of rotatable bonds is 7. The molecule has 2 N–H and O–H groups in total. The Labute approximate surface area is 169 Å². The van der Waals surface area contributed by atoms with Gasteiger partial charge in [0.15, 0.2) is 5.76 Å². The normalized spacial score (nSPS) is 11.1. The molecule has 0 spiro atoms. The van der Waals surface area contributed by atoms with Crippen molar-refractivity contribution in [1.29, 1.82) is 0 Å². The summed E-state index contributed by atoms with van der Waals surface area (Å²) in [5.74, 6) is 0.969. The lowest BCUT2D eigenvalue weighted by Gasteiger charge is -2.13. The van der Waals surface area contributed by atoms with Gasteiger partial charge < -0.3 is 14.5 Å². The summed E-state index contributed by atoms with van der Waals surface area (Å²) in [7, 11) is -3.85. The molecule has 0 fully saturated rings. The number of carbonyl (C=O) groups is 1. The van der Waals surface area contributed by atoms with E-state index < -0.39 is 15.9 Å². The summed E-state index contributed by atoms with van der Waals surface area (Å²) < 4.78 is 38.9. The van der Waals surface area contributed by atoms with Gasteiger partial charge in [-0.3, -0.25) is 9.52 Å². The highest BCUT2D eigenvalue weighted by molar-refractivity contribution is 7.92. The first kappa shape index (κ1) is 20.5. The maximum atomic E-state index is 12.9. The number of carbonyl (C=O) groups excluding carboxylic acids is 1. The van der Waals surface area contributed by atoms with Crippen LogP contribution in [0.1, 0.15) is 28.8 Å². The molecule has 1 heterocycles. The van der Waals surface area contributed by atoms with Gasteiger partial charge >= 0.3 is 0 Å². The third kappa shape index (κ3) is 4.97. The number of benzene rings is 2. The van der Waals surface area contributed by atoms with Crippen LogP contribution in [-0.2, 0) is 10.0 Å². The number of amides is 1. The summed E-state index contributed by atoms with van der Waals surface area (Å²) in [6.45, 7) is 5.83. The van der Waals surface area contributed by atoms with E-state index >= 15 is 0 Å². The zero-order valence-electron chi connectivity index (χ0n) is 16.4. The van der Waals surface area contributed by atoms with E-state index in [9.17, 15) is 13.2 Å². The van der Waals surface area contributed by atoms with E-state index in [1.165, 1.54) is 6.07 Å². The van der Waals surface area contributed by atoms with Crippen LogP contribution in [0.4, 0.5) is 11.4 Å². The smallest absolute Gasteiger partial charge is 0.291 e. The summed E-state index contributed by atoms with van der Waals surface area (Å²) in [6.07, 6.45) is 0. The highest BCUT2D eigenvalue weighted by Gasteiger charge is 2.19. The van der Waals surface area contributed by atoms with Crippen LogP contribution >= 0.6 is 0 Å². The fourth-order valence-electron chi connectivity index (χ4n) is 2.71. The second kappa shape index (κ2) is 8.40. The van der Waals surface area contributed by atoms with Crippen LogP contribution in [0.15, 0.2) is 63.9 Å². The van der Waals surface area contributed by atoms with Crippen molar-refractivity contribution in [3.05, 3.63) is 71.7 Å². The van der Waals surface area contributed by atoms with Gasteiger partial charge in [0.2, 0.25) is 0 Å². The summed E-state index contributed by atoms with van der Waals surface area (Å²) in [5.41, 5.74) is 1.31. The zero-order valence-corrected chi connectivity index (χ0v) is 17.2. The fraction of sp³-hybridized carbons (Fsp3) is 0.190.